The summed E-state index contributed by atoms with van der Waals surface area (Å²) in [4.78, 5) is 40.0. The number of hydrogen-bond donors (Lipinski definition) is 3. The van der Waals surface area contributed by atoms with Gasteiger partial charge in [0, 0.05) is 36.0 Å². The van der Waals surface area contributed by atoms with E-state index in [-0.39, 0.29) is 17.3 Å². The van der Waals surface area contributed by atoms with Crippen LogP contribution >= 0.6 is 0 Å². The molecule has 3 N–H and O–H groups in total. The normalized spacial score (nSPS) is 11.9. The van der Waals surface area contributed by atoms with Crippen molar-refractivity contribution in [2.75, 3.05) is 10.0 Å². The number of hydrogen-bond acceptors (Lipinski definition) is 8. The average molecular weight is 507 g/mol. The van der Waals surface area contributed by atoms with Crippen LogP contribution in [0, 0.1) is 0 Å². The molecule has 0 saturated heterocycles. The number of anilines is 2. The molecule has 2 heterocycles. The van der Waals surface area contributed by atoms with Crippen LogP contribution in [0.4, 0.5) is 11.6 Å². The maximum absolute atomic E-state index is 12.7. The minimum atomic E-state index is -3.91. The van der Waals surface area contributed by atoms with Crippen molar-refractivity contribution in [2.45, 2.75) is 24.3 Å². The number of nitrogens with zero attached hydrogens (tertiary/aromatic N) is 3. The highest BCUT2D eigenvalue weighted by Gasteiger charge is 2.23. The lowest BCUT2D eigenvalue weighted by atomic mass is 10.1. The first kappa shape index (κ1) is 24.5. The Kier molecular flexibility index (Phi) is 7.35. The number of carbonyl (C=O) groups is 2. The largest absolute Gasteiger partial charge is 0.449 e. The second-order valence-electron chi connectivity index (χ2n) is 7.51. The smallest absolute Gasteiger partial charge is 0.338 e. The van der Waals surface area contributed by atoms with Crippen LogP contribution in [0.5, 0.6) is 0 Å². The van der Waals surface area contributed by atoms with Crippen molar-refractivity contribution in [1.82, 2.24) is 19.9 Å². The summed E-state index contributed by atoms with van der Waals surface area (Å²) in [6.45, 7) is 1.71. The fourth-order valence-electron chi connectivity index (χ4n) is 3.18. The van der Waals surface area contributed by atoms with Crippen LogP contribution in [0.2, 0.25) is 0 Å². The number of ether oxygens (including phenoxy) is 1. The van der Waals surface area contributed by atoms with E-state index in [1.807, 2.05) is 0 Å². The lowest BCUT2D eigenvalue weighted by molar-refractivity contribution is -0.124. The van der Waals surface area contributed by atoms with Crippen molar-refractivity contribution < 1.29 is 22.7 Å². The molecular formula is C24H22N6O5S. The van der Waals surface area contributed by atoms with Crippen molar-refractivity contribution in [1.29, 1.82) is 0 Å². The van der Waals surface area contributed by atoms with Crippen LogP contribution in [-0.4, -0.2) is 46.3 Å². The Balaban J connectivity index is 1.37. The third-order valence-corrected chi connectivity index (χ3v) is 6.37. The monoisotopic (exact) mass is 506 g/mol. The van der Waals surface area contributed by atoms with Gasteiger partial charge in [-0.15, -0.1) is 0 Å². The van der Waals surface area contributed by atoms with E-state index in [0.717, 1.165) is 5.56 Å². The van der Waals surface area contributed by atoms with Crippen LogP contribution in [0.25, 0.3) is 11.4 Å². The van der Waals surface area contributed by atoms with Gasteiger partial charge in [0.2, 0.25) is 5.95 Å². The molecule has 12 heteroatoms. The average Bonchev–Trinajstić information content (AvgIpc) is 3.43. The summed E-state index contributed by atoms with van der Waals surface area (Å²) in [6, 6.07) is 13.7. The highest BCUT2D eigenvalue weighted by molar-refractivity contribution is 7.92. The molecule has 0 fully saturated rings. The van der Waals surface area contributed by atoms with Crippen LogP contribution < -0.4 is 10.0 Å². The molecule has 1 unspecified atom stereocenters. The maximum atomic E-state index is 12.7. The Bertz CT molecular complexity index is 1420. The van der Waals surface area contributed by atoms with E-state index < -0.39 is 28.0 Å². The van der Waals surface area contributed by atoms with Gasteiger partial charge in [0.15, 0.2) is 6.10 Å². The first-order valence-corrected chi connectivity index (χ1v) is 12.4. The minimum absolute atomic E-state index is 0.0376. The van der Waals surface area contributed by atoms with Gasteiger partial charge in [-0.2, -0.15) is 0 Å². The molecule has 1 atom stereocenters. The summed E-state index contributed by atoms with van der Waals surface area (Å²) in [5.74, 6) is -0.565. The number of H-pyrrole nitrogens is 1. The number of benzene rings is 2. The van der Waals surface area contributed by atoms with Gasteiger partial charge in [0.05, 0.1) is 10.5 Å². The number of aromatic nitrogens is 4. The number of esters is 1. The fourth-order valence-corrected chi connectivity index (χ4v) is 4.14. The summed E-state index contributed by atoms with van der Waals surface area (Å²) in [6.07, 6.45) is 5.36. The molecule has 0 bridgehead atoms. The zero-order chi connectivity index (χ0) is 25.5. The molecule has 0 aliphatic heterocycles. The Labute approximate surface area is 207 Å². The third-order valence-electron chi connectivity index (χ3n) is 5.03. The predicted octanol–water partition coefficient (Wildman–Crippen LogP) is 3.24. The van der Waals surface area contributed by atoms with Crippen molar-refractivity contribution >= 4 is 33.5 Å². The summed E-state index contributed by atoms with van der Waals surface area (Å²) < 4.78 is 32.7. The summed E-state index contributed by atoms with van der Waals surface area (Å²) >= 11 is 0. The molecule has 4 rings (SSSR count). The Morgan fingerprint density at radius 3 is 2.28 bits per heavy atom. The first-order chi connectivity index (χ1) is 17.4. The zero-order valence-corrected chi connectivity index (χ0v) is 19.9. The van der Waals surface area contributed by atoms with E-state index in [9.17, 15) is 18.0 Å². The van der Waals surface area contributed by atoms with Gasteiger partial charge in [-0.25, -0.2) is 32.9 Å². The topological polar surface area (TPSA) is 156 Å². The summed E-state index contributed by atoms with van der Waals surface area (Å²) in [7, 11) is -3.91. The molecule has 36 heavy (non-hydrogen) atoms. The molecule has 4 aromatic rings. The number of nitrogens with one attached hydrogen (secondary N) is 3. The number of aromatic amines is 1. The minimum Gasteiger partial charge on any atom is -0.449 e. The lowest BCUT2D eigenvalue weighted by Crippen LogP contribution is -2.32. The highest BCUT2D eigenvalue weighted by atomic mass is 32.2. The molecule has 0 saturated carbocycles. The zero-order valence-electron chi connectivity index (χ0n) is 19.1. The summed E-state index contributed by atoms with van der Waals surface area (Å²) in [5, 5.41) is 2.64. The number of rotatable bonds is 9. The van der Waals surface area contributed by atoms with Gasteiger partial charge in [-0.05, 0) is 48.9 Å². The third kappa shape index (κ3) is 5.91. The van der Waals surface area contributed by atoms with Crippen molar-refractivity contribution in [3.05, 3.63) is 84.9 Å². The summed E-state index contributed by atoms with van der Waals surface area (Å²) in [5.41, 5.74) is 1.44. The fraction of sp³-hybridized carbons (Fsp3) is 0.125. The second-order valence-corrected chi connectivity index (χ2v) is 9.19. The molecule has 0 aliphatic rings. The van der Waals surface area contributed by atoms with Crippen LogP contribution in [0.15, 0.2) is 84.3 Å². The van der Waals surface area contributed by atoms with E-state index in [4.69, 9.17) is 4.74 Å². The van der Waals surface area contributed by atoms with E-state index in [2.05, 4.69) is 30.0 Å². The molecule has 2 aromatic carbocycles. The maximum Gasteiger partial charge on any atom is 0.338 e. The SMILES string of the molecule is CCC(OC(=O)c1ccc(-c2ncc[nH]2)cc1)C(=O)Nc1ccc(S(=O)(=O)Nc2ncccn2)cc1. The molecule has 0 spiro atoms. The predicted molar refractivity (Wildman–Crippen MR) is 131 cm³/mol. The lowest BCUT2D eigenvalue weighted by Gasteiger charge is -2.16. The van der Waals surface area contributed by atoms with Gasteiger partial charge in [0.25, 0.3) is 15.9 Å². The number of sulfonamides is 1. The molecule has 0 aliphatic carbocycles. The second kappa shape index (κ2) is 10.8. The number of amides is 1. The number of carbonyl (C=O) groups excluding carboxylic acids is 2. The molecule has 1 amide bonds. The van der Waals surface area contributed by atoms with Crippen molar-refractivity contribution in [2.24, 2.45) is 0 Å². The van der Waals surface area contributed by atoms with E-state index in [0.29, 0.717) is 17.1 Å². The Morgan fingerprint density at radius 2 is 1.67 bits per heavy atom. The van der Waals surface area contributed by atoms with Crippen LogP contribution in [0.1, 0.15) is 23.7 Å². The van der Waals surface area contributed by atoms with Gasteiger partial charge in [-0.1, -0.05) is 19.1 Å². The molecule has 11 nitrogen and oxygen atoms in total. The molecular weight excluding hydrogens is 484 g/mol. The highest BCUT2D eigenvalue weighted by Crippen LogP contribution is 2.19. The van der Waals surface area contributed by atoms with E-state index in [1.54, 1.807) is 49.6 Å². The van der Waals surface area contributed by atoms with Gasteiger partial charge in [-0.3, -0.25) is 4.79 Å². The van der Waals surface area contributed by atoms with E-state index in [1.165, 1.54) is 36.7 Å². The van der Waals surface area contributed by atoms with Gasteiger partial charge in [0.1, 0.15) is 5.82 Å². The molecule has 0 radical (unpaired) electrons. The van der Waals surface area contributed by atoms with Crippen LogP contribution in [-0.2, 0) is 19.6 Å². The molecule has 2 aromatic heterocycles. The number of imidazole rings is 1. The van der Waals surface area contributed by atoms with Gasteiger partial charge >= 0.3 is 5.97 Å². The van der Waals surface area contributed by atoms with Crippen molar-refractivity contribution in [3.8, 4) is 11.4 Å². The Morgan fingerprint density at radius 1 is 0.972 bits per heavy atom. The first-order valence-electron chi connectivity index (χ1n) is 10.9. The van der Waals surface area contributed by atoms with E-state index >= 15 is 0 Å². The van der Waals surface area contributed by atoms with Crippen LogP contribution in [0.3, 0.4) is 0 Å². The molecule has 184 valence electrons. The standard InChI is InChI=1S/C24H22N6O5S/c1-2-20(35-23(32)17-6-4-16(5-7-17)21-25-14-15-26-21)22(31)29-18-8-10-19(11-9-18)36(33,34)30-24-27-12-3-13-28-24/h3-15,20H,2H2,1H3,(H,25,26)(H,29,31)(H,27,28,30). The quantitative estimate of drug-likeness (QED) is 0.292. The Hall–Kier alpha value is -4.58. The van der Waals surface area contributed by atoms with Crippen molar-refractivity contribution in [3.63, 3.8) is 0 Å². The van der Waals surface area contributed by atoms with Gasteiger partial charge < -0.3 is 15.0 Å².